The smallest absolute Gasteiger partial charge is 0.0623 e. The van der Waals surface area contributed by atoms with Crippen LogP contribution in [0.2, 0.25) is 0 Å². The molecule has 1 rings (SSSR count). The zero-order valence-electron chi connectivity index (χ0n) is 5.10. The molecule has 0 aliphatic rings. The van der Waals surface area contributed by atoms with Crippen LogP contribution in [0.1, 0.15) is 0 Å². The van der Waals surface area contributed by atoms with E-state index in [0.29, 0.717) is 0 Å². The Morgan fingerprint density at radius 1 is 0.300 bits per heavy atom. The van der Waals surface area contributed by atoms with Gasteiger partial charge in [0, 0.05) is 0 Å². The van der Waals surface area contributed by atoms with Crippen LogP contribution in [0.3, 0.4) is 0 Å². The van der Waals surface area contributed by atoms with Crippen molar-refractivity contribution in [2.24, 2.45) is 0 Å². The molecule has 0 radical (unpaired) electrons. The van der Waals surface area contributed by atoms with Gasteiger partial charge in [0.1, 0.15) is 0 Å². The van der Waals surface area contributed by atoms with E-state index >= 15 is 0 Å². The highest BCUT2D eigenvalue weighted by Crippen LogP contribution is 1.79. The molecule has 0 aliphatic carbocycles. The summed E-state index contributed by atoms with van der Waals surface area (Å²) in [7, 11) is 0. The van der Waals surface area contributed by atoms with Crippen molar-refractivity contribution in [3.05, 3.63) is 36.4 Å². The quantitative estimate of drug-likeness (QED) is 0.616. The summed E-state index contributed by atoms with van der Waals surface area (Å²) in [6, 6.07) is 12.0. The number of hydrogen-bond acceptors (Lipinski definition) is 0. The Morgan fingerprint density at radius 3 is 0.500 bits per heavy atom. The summed E-state index contributed by atoms with van der Waals surface area (Å²) >= 11 is 0. The molecule has 0 aromatic heterocycles. The highest BCUT2D eigenvalue weighted by molar-refractivity contribution is 8.93. The van der Waals surface area contributed by atoms with Crippen molar-refractivity contribution in [3.63, 3.8) is 0 Å². The van der Waals surface area contributed by atoms with Crippen LogP contribution in [0.15, 0.2) is 36.4 Å². The molecule has 0 bridgehead atoms. The van der Waals surface area contributed by atoms with Crippen molar-refractivity contribution >= 4 is 67.9 Å². The Hall–Kier alpha value is 1.14. The second kappa shape index (κ2) is 16.6. The van der Waals surface area contributed by atoms with Crippen molar-refractivity contribution in [3.8, 4) is 0 Å². The fraction of sp³-hybridized carbons (Fsp3) is 0. The molecular formula is C6H10Br4. The van der Waals surface area contributed by atoms with E-state index < -0.39 is 0 Å². The first kappa shape index (κ1) is 22.5. The van der Waals surface area contributed by atoms with Crippen LogP contribution < -0.4 is 0 Å². The molecule has 0 heterocycles. The van der Waals surface area contributed by atoms with E-state index in [9.17, 15) is 0 Å². The van der Waals surface area contributed by atoms with Gasteiger partial charge >= 0.3 is 0 Å². The van der Waals surface area contributed by atoms with Gasteiger partial charge in [0.05, 0.1) is 0 Å². The summed E-state index contributed by atoms with van der Waals surface area (Å²) in [6.45, 7) is 0. The number of halogens is 4. The molecule has 0 aliphatic heterocycles. The number of rotatable bonds is 0. The molecule has 0 spiro atoms. The van der Waals surface area contributed by atoms with Crippen molar-refractivity contribution in [2.45, 2.75) is 0 Å². The topological polar surface area (TPSA) is 0 Å². The van der Waals surface area contributed by atoms with Crippen molar-refractivity contribution in [1.82, 2.24) is 0 Å². The Balaban J connectivity index is -0.0000000450. The van der Waals surface area contributed by atoms with Gasteiger partial charge in [0.2, 0.25) is 0 Å². The lowest BCUT2D eigenvalue weighted by molar-refractivity contribution is 1.72. The number of hydrogen-bond donors (Lipinski definition) is 0. The first-order valence-corrected chi connectivity index (χ1v) is 2.00. The molecule has 1 aromatic rings. The van der Waals surface area contributed by atoms with Crippen LogP contribution in [-0.2, 0) is 0 Å². The summed E-state index contributed by atoms with van der Waals surface area (Å²) in [6.07, 6.45) is 0. The normalized spacial score (nSPS) is 4.80. The van der Waals surface area contributed by atoms with E-state index in [1.165, 1.54) is 0 Å². The minimum atomic E-state index is 0. The predicted octanol–water partition coefficient (Wildman–Crippen LogP) is 4.00. The van der Waals surface area contributed by atoms with Crippen molar-refractivity contribution in [1.29, 1.82) is 0 Å². The van der Waals surface area contributed by atoms with Crippen LogP contribution in [0.25, 0.3) is 0 Å². The van der Waals surface area contributed by atoms with Crippen molar-refractivity contribution < 1.29 is 0 Å². The third kappa shape index (κ3) is 11.9. The van der Waals surface area contributed by atoms with E-state index in [2.05, 4.69) is 0 Å². The van der Waals surface area contributed by atoms with E-state index in [0.717, 1.165) is 0 Å². The average molecular weight is 402 g/mol. The van der Waals surface area contributed by atoms with E-state index in [1.54, 1.807) is 0 Å². The summed E-state index contributed by atoms with van der Waals surface area (Å²) in [5.74, 6) is 0. The summed E-state index contributed by atoms with van der Waals surface area (Å²) in [4.78, 5) is 0. The highest BCUT2D eigenvalue weighted by Gasteiger charge is 1.57. The third-order valence-electron chi connectivity index (χ3n) is 0.667. The zero-order chi connectivity index (χ0) is 4.24. The lowest BCUT2D eigenvalue weighted by Gasteiger charge is -1.69. The number of benzene rings is 1. The minimum Gasteiger partial charge on any atom is -0.114 e. The SMILES string of the molecule is Br.Br.Br.Br.c1ccccc1. The molecule has 0 amide bonds. The standard InChI is InChI=1S/C6H6.4BrH/c1-2-4-6-5-3-1;;;;/h1-6H;4*1H. The summed E-state index contributed by atoms with van der Waals surface area (Å²) < 4.78 is 0. The van der Waals surface area contributed by atoms with Gasteiger partial charge in [-0.15, -0.1) is 67.9 Å². The molecule has 4 heteroatoms. The first-order chi connectivity index (χ1) is 3.00. The van der Waals surface area contributed by atoms with E-state index in [1.807, 2.05) is 36.4 Å². The lowest BCUT2D eigenvalue weighted by atomic mass is 10.4. The lowest BCUT2D eigenvalue weighted by Crippen LogP contribution is -1.47. The molecule has 0 saturated heterocycles. The molecule has 0 nitrogen and oxygen atoms in total. The fourth-order valence-corrected chi connectivity index (χ4v) is 0.385. The first-order valence-electron chi connectivity index (χ1n) is 2.00. The molecule has 10 heavy (non-hydrogen) atoms. The van der Waals surface area contributed by atoms with Gasteiger partial charge in [-0.2, -0.15) is 0 Å². The maximum Gasteiger partial charge on any atom is -0.0623 e. The molecule has 1 aromatic carbocycles. The zero-order valence-corrected chi connectivity index (χ0v) is 11.9. The summed E-state index contributed by atoms with van der Waals surface area (Å²) in [5, 5.41) is 0. The predicted molar refractivity (Wildman–Crippen MR) is 67.7 cm³/mol. The second-order valence-corrected chi connectivity index (χ2v) is 1.15. The van der Waals surface area contributed by atoms with Gasteiger partial charge in [-0.1, -0.05) is 36.4 Å². The maximum absolute atomic E-state index is 2.00. The van der Waals surface area contributed by atoms with E-state index in [4.69, 9.17) is 0 Å². The van der Waals surface area contributed by atoms with Crippen LogP contribution in [0, 0.1) is 0 Å². The van der Waals surface area contributed by atoms with Gasteiger partial charge in [-0.05, 0) is 0 Å². The van der Waals surface area contributed by atoms with Crippen LogP contribution in [0.5, 0.6) is 0 Å². The Bertz CT molecular complexity index is 81.7. The van der Waals surface area contributed by atoms with Gasteiger partial charge < -0.3 is 0 Å². The molecular weight excluding hydrogens is 392 g/mol. The monoisotopic (exact) mass is 398 g/mol. The molecule has 0 N–H and O–H groups in total. The second-order valence-electron chi connectivity index (χ2n) is 1.15. The fourth-order valence-electron chi connectivity index (χ4n) is 0.385. The average Bonchev–Trinajstić information content (AvgIpc) is 1.72. The minimum absolute atomic E-state index is 0. The third-order valence-corrected chi connectivity index (χ3v) is 0.667. The largest absolute Gasteiger partial charge is 0.114 e. The molecule has 0 unspecified atom stereocenters. The van der Waals surface area contributed by atoms with Crippen molar-refractivity contribution in [2.75, 3.05) is 0 Å². The van der Waals surface area contributed by atoms with Gasteiger partial charge in [-0.25, -0.2) is 0 Å². The van der Waals surface area contributed by atoms with Crippen LogP contribution in [-0.4, -0.2) is 0 Å². The highest BCUT2D eigenvalue weighted by atomic mass is 79.9. The molecule has 62 valence electrons. The van der Waals surface area contributed by atoms with E-state index in [-0.39, 0.29) is 67.9 Å². The Kier molecular flexibility index (Phi) is 37.3. The van der Waals surface area contributed by atoms with Gasteiger partial charge in [-0.3, -0.25) is 0 Å². The Morgan fingerprint density at radius 2 is 0.400 bits per heavy atom. The van der Waals surface area contributed by atoms with Crippen LogP contribution >= 0.6 is 67.9 Å². The molecule has 0 fully saturated rings. The maximum atomic E-state index is 2.00. The van der Waals surface area contributed by atoms with Gasteiger partial charge in [0.15, 0.2) is 0 Å². The van der Waals surface area contributed by atoms with Gasteiger partial charge in [0.25, 0.3) is 0 Å². The molecule has 0 saturated carbocycles. The van der Waals surface area contributed by atoms with Crippen LogP contribution in [0.4, 0.5) is 0 Å². The summed E-state index contributed by atoms with van der Waals surface area (Å²) in [5.41, 5.74) is 0. The molecule has 0 atom stereocenters. The Labute approximate surface area is 103 Å².